The highest BCUT2D eigenvalue weighted by molar-refractivity contribution is 7.10. The van der Waals surface area contributed by atoms with Crippen LogP contribution in [-0.2, 0) is 10.3 Å². The molecule has 1 unspecified atom stereocenters. The Labute approximate surface area is 64.6 Å². The lowest BCUT2D eigenvalue weighted by atomic mass is 10.1. The Hall–Kier alpha value is -0.340. The van der Waals surface area contributed by atoms with E-state index in [4.69, 9.17) is 4.74 Å². The quantitative estimate of drug-likeness (QED) is 0.565. The summed E-state index contributed by atoms with van der Waals surface area (Å²) in [5.41, 5.74) is 1.43. The lowest BCUT2D eigenvalue weighted by molar-refractivity contribution is 0.333. The minimum atomic E-state index is 0.0823. The zero-order chi connectivity index (χ0) is 7.19. The van der Waals surface area contributed by atoms with Crippen molar-refractivity contribution in [1.82, 2.24) is 0 Å². The molecule has 0 radical (unpaired) electrons. The van der Waals surface area contributed by atoms with Gasteiger partial charge in [0.1, 0.15) is 5.60 Å². The molecule has 1 atom stereocenters. The van der Waals surface area contributed by atoms with Gasteiger partial charge in [-0.2, -0.15) is 0 Å². The van der Waals surface area contributed by atoms with Crippen LogP contribution in [0.25, 0.3) is 0 Å². The van der Waals surface area contributed by atoms with Crippen LogP contribution in [0.2, 0.25) is 0 Å². The van der Waals surface area contributed by atoms with E-state index in [0.29, 0.717) is 0 Å². The van der Waals surface area contributed by atoms with E-state index in [1.54, 1.807) is 11.3 Å². The molecule has 0 spiro atoms. The molecule has 1 aromatic rings. The van der Waals surface area contributed by atoms with E-state index in [1.165, 1.54) is 10.4 Å². The molecule has 1 fully saturated rings. The van der Waals surface area contributed by atoms with Gasteiger partial charge in [-0.1, -0.05) is 0 Å². The molecule has 2 heteroatoms. The molecule has 1 saturated heterocycles. The molecule has 1 aliphatic rings. The van der Waals surface area contributed by atoms with Gasteiger partial charge in [-0.3, -0.25) is 0 Å². The zero-order valence-electron chi connectivity index (χ0n) is 6.18. The third-order valence-electron chi connectivity index (χ3n) is 1.83. The predicted octanol–water partition coefficient (Wildman–Crippen LogP) is 2.30. The lowest BCUT2D eigenvalue weighted by Gasteiger charge is -1.97. The Kier molecular flexibility index (Phi) is 1.17. The average Bonchev–Trinajstić information content (AvgIpc) is 2.45. The maximum absolute atomic E-state index is 5.31. The van der Waals surface area contributed by atoms with Crippen molar-refractivity contribution in [3.05, 3.63) is 21.9 Å². The molecule has 0 aromatic carbocycles. The molecule has 54 valence electrons. The monoisotopic (exact) mass is 154 g/mol. The van der Waals surface area contributed by atoms with Crippen LogP contribution in [0.5, 0.6) is 0 Å². The zero-order valence-corrected chi connectivity index (χ0v) is 6.99. The van der Waals surface area contributed by atoms with E-state index in [0.717, 1.165) is 6.61 Å². The van der Waals surface area contributed by atoms with Crippen LogP contribution in [0.4, 0.5) is 0 Å². The van der Waals surface area contributed by atoms with Crippen LogP contribution in [0.15, 0.2) is 11.4 Å². The highest BCUT2D eigenvalue weighted by Gasteiger charge is 2.42. The van der Waals surface area contributed by atoms with E-state index in [-0.39, 0.29) is 5.60 Å². The summed E-state index contributed by atoms with van der Waals surface area (Å²) < 4.78 is 5.31. The van der Waals surface area contributed by atoms with Gasteiger partial charge in [-0.05, 0) is 30.9 Å². The van der Waals surface area contributed by atoms with Gasteiger partial charge in [-0.15, -0.1) is 11.3 Å². The minimum absolute atomic E-state index is 0.0823. The summed E-state index contributed by atoms with van der Waals surface area (Å²) in [7, 11) is 0. The Morgan fingerprint density at radius 2 is 2.40 bits per heavy atom. The second kappa shape index (κ2) is 1.83. The summed E-state index contributed by atoms with van der Waals surface area (Å²) in [5.74, 6) is 0. The normalized spacial score (nSPS) is 30.6. The molecule has 1 nitrogen and oxygen atoms in total. The predicted molar refractivity (Wildman–Crippen MR) is 42.4 cm³/mol. The van der Waals surface area contributed by atoms with Crippen molar-refractivity contribution in [2.45, 2.75) is 19.4 Å². The van der Waals surface area contributed by atoms with Gasteiger partial charge >= 0.3 is 0 Å². The summed E-state index contributed by atoms with van der Waals surface area (Å²) in [6.07, 6.45) is 0. The van der Waals surface area contributed by atoms with Gasteiger partial charge in [0.25, 0.3) is 0 Å². The molecule has 10 heavy (non-hydrogen) atoms. The van der Waals surface area contributed by atoms with E-state index >= 15 is 0 Å². The second-order valence-corrected chi connectivity index (χ2v) is 3.92. The number of rotatable bonds is 1. The molecule has 2 rings (SSSR count). The molecular formula is C8H10OS. The van der Waals surface area contributed by atoms with Gasteiger partial charge in [0.05, 0.1) is 6.61 Å². The molecule has 0 N–H and O–H groups in total. The van der Waals surface area contributed by atoms with Crippen molar-refractivity contribution in [2.75, 3.05) is 6.61 Å². The van der Waals surface area contributed by atoms with Gasteiger partial charge in [0.2, 0.25) is 0 Å². The summed E-state index contributed by atoms with van der Waals surface area (Å²) in [6.45, 7) is 5.15. The van der Waals surface area contributed by atoms with Gasteiger partial charge < -0.3 is 4.74 Å². The molecule has 0 aliphatic carbocycles. The van der Waals surface area contributed by atoms with Crippen molar-refractivity contribution in [2.24, 2.45) is 0 Å². The van der Waals surface area contributed by atoms with Crippen molar-refractivity contribution >= 4 is 11.3 Å². The Balaban J connectivity index is 2.34. The van der Waals surface area contributed by atoms with Crippen LogP contribution < -0.4 is 0 Å². The van der Waals surface area contributed by atoms with E-state index in [9.17, 15) is 0 Å². The Morgan fingerprint density at radius 1 is 1.70 bits per heavy atom. The number of ether oxygens (including phenoxy) is 1. The summed E-state index contributed by atoms with van der Waals surface area (Å²) in [4.78, 5) is 1.37. The fourth-order valence-electron chi connectivity index (χ4n) is 0.959. The summed E-state index contributed by atoms with van der Waals surface area (Å²) >= 11 is 1.79. The van der Waals surface area contributed by atoms with Gasteiger partial charge in [0.15, 0.2) is 0 Å². The first-order valence-electron chi connectivity index (χ1n) is 3.40. The highest BCUT2D eigenvalue weighted by atomic mass is 32.1. The van der Waals surface area contributed by atoms with Crippen LogP contribution in [0.3, 0.4) is 0 Å². The number of hydrogen-bond donors (Lipinski definition) is 0. The number of thiophene rings is 1. The van der Waals surface area contributed by atoms with E-state index in [2.05, 4.69) is 25.3 Å². The third-order valence-corrected chi connectivity index (χ3v) is 3.12. The van der Waals surface area contributed by atoms with Crippen LogP contribution in [-0.4, -0.2) is 6.61 Å². The van der Waals surface area contributed by atoms with E-state index in [1.807, 2.05) is 0 Å². The lowest BCUT2D eigenvalue weighted by Crippen LogP contribution is -1.97. The first kappa shape index (κ1) is 6.38. The fraction of sp³-hybridized carbons (Fsp3) is 0.500. The number of epoxide rings is 1. The molecule has 1 aliphatic heterocycles. The largest absolute Gasteiger partial charge is 0.364 e. The van der Waals surface area contributed by atoms with Crippen LogP contribution in [0.1, 0.15) is 17.4 Å². The maximum atomic E-state index is 5.31. The molecule has 0 bridgehead atoms. The van der Waals surface area contributed by atoms with Gasteiger partial charge in [0, 0.05) is 4.88 Å². The van der Waals surface area contributed by atoms with Crippen molar-refractivity contribution in [3.63, 3.8) is 0 Å². The summed E-state index contributed by atoms with van der Waals surface area (Å²) in [5, 5.41) is 2.17. The van der Waals surface area contributed by atoms with Crippen molar-refractivity contribution in [3.8, 4) is 0 Å². The topological polar surface area (TPSA) is 12.5 Å². The fourth-order valence-corrected chi connectivity index (χ4v) is 1.96. The standard InChI is InChI=1S/C8H10OS/c1-6-3-7(10-4-6)8(2)5-9-8/h3-4H,5H2,1-2H3. The third kappa shape index (κ3) is 0.879. The van der Waals surface area contributed by atoms with E-state index < -0.39 is 0 Å². The minimum Gasteiger partial charge on any atom is -0.364 e. The Morgan fingerprint density at radius 3 is 2.80 bits per heavy atom. The Bertz CT molecular complexity index is 248. The van der Waals surface area contributed by atoms with Crippen LogP contribution in [0, 0.1) is 6.92 Å². The van der Waals surface area contributed by atoms with Crippen molar-refractivity contribution in [1.29, 1.82) is 0 Å². The first-order valence-corrected chi connectivity index (χ1v) is 4.28. The number of aryl methyl sites for hydroxylation is 1. The number of hydrogen-bond acceptors (Lipinski definition) is 2. The molecular weight excluding hydrogens is 144 g/mol. The molecule has 1 aromatic heterocycles. The second-order valence-electron chi connectivity index (χ2n) is 3.01. The van der Waals surface area contributed by atoms with Crippen molar-refractivity contribution < 1.29 is 4.74 Å². The maximum Gasteiger partial charge on any atom is 0.123 e. The van der Waals surface area contributed by atoms with Crippen LogP contribution >= 0.6 is 11.3 Å². The SMILES string of the molecule is Cc1csc(C2(C)CO2)c1. The smallest absolute Gasteiger partial charge is 0.123 e. The summed E-state index contributed by atoms with van der Waals surface area (Å²) in [6, 6.07) is 2.21. The molecule has 0 amide bonds. The first-order chi connectivity index (χ1) is 4.71. The molecule has 0 saturated carbocycles. The van der Waals surface area contributed by atoms with Gasteiger partial charge in [-0.25, -0.2) is 0 Å². The molecule has 2 heterocycles. The average molecular weight is 154 g/mol. The highest BCUT2D eigenvalue weighted by Crippen LogP contribution is 2.40.